The highest BCUT2D eigenvalue weighted by Gasteiger charge is 2.10. The molecule has 3 N–H and O–H groups in total. The molecule has 1 aromatic carbocycles. The van der Waals surface area contributed by atoms with Gasteiger partial charge in [0.1, 0.15) is 24.4 Å². The van der Waals surface area contributed by atoms with Crippen LogP contribution in [0.2, 0.25) is 0 Å². The molecular formula is C11H10N6O2. The van der Waals surface area contributed by atoms with E-state index in [4.69, 9.17) is 22.1 Å². The number of hydrogen-bond donors (Lipinski definition) is 2. The molecule has 0 saturated heterocycles. The number of hydrogen-bond acceptors (Lipinski definition) is 6. The van der Waals surface area contributed by atoms with Gasteiger partial charge in [-0.1, -0.05) is 11.1 Å². The van der Waals surface area contributed by atoms with E-state index in [9.17, 15) is 0 Å². The molecule has 96 valence electrons. The number of ether oxygens (including phenoxy) is 1. The van der Waals surface area contributed by atoms with Crippen molar-refractivity contribution in [1.82, 2.24) is 20.2 Å². The van der Waals surface area contributed by atoms with Gasteiger partial charge in [-0.25, -0.2) is 0 Å². The molecule has 2 aromatic rings. The van der Waals surface area contributed by atoms with E-state index in [1.165, 1.54) is 11.0 Å². The highest BCUT2D eigenvalue weighted by Crippen LogP contribution is 2.23. The van der Waals surface area contributed by atoms with E-state index in [-0.39, 0.29) is 12.4 Å². The summed E-state index contributed by atoms with van der Waals surface area (Å²) in [6.07, 6.45) is 6.55. The lowest BCUT2D eigenvalue weighted by Crippen LogP contribution is -2.14. The summed E-state index contributed by atoms with van der Waals surface area (Å²) in [6.45, 7) is 0.109. The summed E-state index contributed by atoms with van der Waals surface area (Å²) in [6, 6.07) is 4.90. The van der Waals surface area contributed by atoms with Gasteiger partial charge in [-0.3, -0.25) is 0 Å². The number of aromatic nitrogens is 4. The van der Waals surface area contributed by atoms with Crippen LogP contribution < -0.4 is 10.5 Å². The fourth-order valence-electron chi connectivity index (χ4n) is 1.43. The summed E-state index contributed by atoms with van der Waals surface area (Å²) in [5.41, 5.74) is 6.57. The lowest BCUT2D eigenvalue weighted by atomic mass is 10.1. The Morgan fingerprint density at radius 2 is 2.42 bits per heavy atom. The third-order valence-corrected chi connectivity index (χ3v) is 2.27. The summed E-state index contributed by atoms with van der Waals surface area (Å²) in [4.78, 5) is 0. The van der Waals surface area contributed by atoms with Crippen LogP contribution in [-0.2, 0) is 0 Å². The monoisotopic (exact) mass is 258 g/mol. The van der Waals surface area contributed by atoms with Gasteiger partial charge in [0.05, 0.1) is 0 Å². The first-order valence-corrected chi connectivity index (χ1v) is 5.18. The summed E-state index contributed by atoms with van der Waals surface area (Å²) < 4.78 is 6.77. The van der Waals surface area contributed by atoms with Gasteiger partial charge in [0, 0.05) is 5.56 Å². The lowest BCUT2D eigenvalue weighted by molar-refractivity contribution is 0.318. The Balaban J connectivity index is 2.48. The smallest absolute Gasteiger partial charge is 0.170 e. The molecule has 0 amide bonds. The van der Waals surface area contributed by atoms with Crippen LogP contribution >= 0.6 is 0 Å². The maximum absolute atomic E-state index is 8.68. The molecule has 0 radical (unpaired) electrons. The van der Waals surface area contributed by atoms with E-state index in [1.54, 1.807) is 18.2 Å². The van der Waals surface area contributed by atoms with Crippen LogP contribution in [-0.4, -0.2) is 37.9 Å². The number of nitrogens with zero attached hydrogens (tertiary/aromatic N) is 5. The Morgan fingerprint density at radius 3 is 3.05 bits per heavy atom. The summed E-state index contributed by atoms with van der Waals surface area (Å²) in [7, 11) is 0. The highest BCUT2D eigenvalue weighted by atomic mass is 16.5. The highest BCUT2D eigenvalue weighted by molar-refractivity contribution is 5.97. The zero-order chi connectivity index (χ0) is 13.7. The van der Waals surface area contributed by atoms with Crippen molar-refractivity contribution in [2.45, 2.75) is 0 Å². The molecule has 0 aliphatic rings. The van der Waals surface area contributed by atoms with Gasteiger partial charge < -0.3 is 15.7 Å². The van der Waals surface area contributed by atoms with E-state index in [1.807, 2.05) is 0 Å². The van der Waals surface area contributed by atoms with Crippen LogP contribution in [0, 0.1) is 12.3 Å². The topological polar surface area (TPSA) is 111 Å². The number of oxime groups is 1. The number of benzene rings is 1. The number of amidine groups is 1. The van der Waals surface area contributed by atoms with E-state index >= 15 is 0 Å². The van der Waals surface area contributed by atoms with Crippen LogP contribution in [0.5, 0.6) is 5.75 Å². The molecule has 8 heteroatoms. The van der Waals surface area contributed by atoms with E-state index in [0.29, 0.717) is 17.0 Å². The van der Waals surface area contributed by atoms with Crippen molar-refractivity contribution in [3.63, 3.8) is 0 Å². The maximum atomic E-state index is 8.68. The molecule has 1 heterocycles. The second-order valence-corrected chi connectivity index (χ2v) is 3.41. The Bertz CT molecular complexity index is 629. The predicted octanol–water partition coefficient (Wildman–Crippen LogP) is -0.231. The summed E-state index contributed by atoms with van der Waals surface area (Å²) in [5, 5.41) is 22.5. The molecule has 0 aliphatic carbocycles. The Kier molecular flexibility index (Phi) is 3.59. The molecule has 8 nitrogen and oxygen atoms in total. The second-order valence-electron chi connectivity index (χ2n) is 3.41. The van der Waals surface area contributed by atoms with E-state index in [0.717, 1.165) is 0 Å². The van der Waals surface area contributed by atoms with Crippen LogP contribution in [0.3, 0.4) is 0 Å². The maximum Gasteiger partial charge on any atom is 0.170 e. The van der Waals surface area contributed by atoms with Gasteiger partial charge in [0.25, 0.3) is 0 Å². The van der Waals surface area contributed by atoms with Crippen LogP contribution in [0.15, 0.2) is 29.7 Å². The van der Waals surface area contributed by atoms with Crippen molar-refractivity contribution in [2.24, 2.45) is 10.9 Å². The van der Waals surface area contributed by atoms with Gasteiger partial charge in [0.15, 0.2) is 5.84 Å². The average molecular weight is 258 g/mol. The fourth-order valence-corrected chi connectivity index (χ4v) is 1.43. The number of rotatable bonds is 4. The van der Waals surface area contributed by atoms with Crippen molar-refractivity contribution in [2.75, 3.05) is 6.61 Å². The largest absolute Gasteiger partial charge is 0.479 e. The SMILES string of the molecule is C#CCOc1ccc(C(N)=NO)cc1-n1cnnn1. The molecule has 0 aliphatic heterocycles. The minimum Gasteiger partial charge on any atom is -0.479 e. The van der Waals surface area contributed by atoms with Crippen molar-refractivity contribution in [3.05, 3.63) is 30.1 Å². The lowest BCUT2D eigenvalue weighted by Gasteiger charge is -2.10. The average Bonchev–Trinajstić information content (AvgIpc) is 2.98. The molecule has 0 spiro atoms. The van der Waals surface area contributed by atoms with Gasteiger partial charge in [0.2, 0.25) is 0 Å². The van der Waals surface area contributed by atoms with Crippen molar-refractivity contribution in [3.8, 4) is 23.8 Å². The van der Waals surface area contributed by atoms with E-state index in [2.05, 4.69) is 26.6 Å². The van der Waals surface area contributed by atoms with Gasteiger partial charge in [-0.2, -0.15) is 4.68 Å². The molecule has 0 fully saturated rings. The Labute approximate surface area is 108 Å². The molecule has 1 aromatic heterocycles. The van der Waals surface area contributed by atoms with Gasteiger partial charge in [-0.15, -0.1) is 11.5 Å². The number of tetrazole rings is 1. The molecule has 0 bridgehead atoms. The summed E-state index contributed by atoms with van der Waals surface area (Å²) >= 11 is 0. The van der Waals surface area contributed by atoms with Gasteiger partial charge >= 0.3 is 0 Å². The Morgan fingerprint density at radius 1 is 1.58 bits per heavy atom. The predicted molar refractivity (Wildman–Crippen MR) is 66.0 cm³/mol. The molecule has 2 rings (SSSR count). The number of nitrogens with two attached hydrogens (primary N) is 1. The van der Waals surface area contributed by atoms with Crippen molar-refractivity contribution in [1.29, 1.82) is 0 Å². The first-order chi connectivity index (χ1) is 9.26. The summed E-state index contributed by atoms with van der Waals surface area (Å²) in [5.74, 6) is 2.82. The second kappa shape index (κ2) is 5.50. The zero-order valence-corrected chi connectivity index (χ0v) is 9.76. The molecule has 0 unspecified atom stereocenters. The quantitative estimate of drug-likeness (QED) is 0.257. The van der Waals surface area contributed by atoms with E-state index < -0.39 is 0 Å². The molecule has 0 atom stereocenters. The van der Waals surface area contributed by atoms with Gasteiger partial charge in [-0.05, 0) is 28.6 Å². The van der Waals surface area contributed by atoms with Crippen LogP contribution in [0.4, 0.5) is 0 Å². The minimum atomic E-state index is -0.0298. The van der Waals surface area contributed by atoms with Crippen LogP contribution in [0.25, 0.3) is 5.69 Å². The van der Waals surface area contributed by atoms with Crippen LogP contribution in [0.1, 0.15) is 5.56 Å². The first kappa shape index (κ1) is 12.4. The number of terminal acetylenes is 1. The van der Waals surface area contributed by atoms with Crippen molar-refractivity contribution >= 4 is 5.84 Å². The first-order valence-electron chi connectivity index (χ1n) is 5.18. The third kappa shape index (κ3) is 2.61. The minimum absolute atomic E-state index is 0.0298. The molecule has 19 heavy (non-hydrogen) atoms. The molecular weight excluding hydrogens is 248 g/mol. The molecule has 0 saturated carbocycles. The fraction of sp³-hybridized carbons (Fsp3) is 0.0909. The van der Waals surface area contributed by atoms with Crippen molar-refractivity contribution < 1.29 is 9.94 Å². The normalized spacial score (nSPS) is 11.0. The third-order valence-electron chi connectivity index (χ3n) is 2.27. The Hall–Kier alpha value is -3.08. The standard InChI is InChI=1S/C11H10N6O2/c1-2-5-19-10-4-3-8(11(12)14-18)6-9(10)17-7-13-15-16-17/h1,3-4,6-7,18H,5H2,(H2,12,14). The zero-order valence-electron chi connectivity index (χ0n) is 9.76.